The highest BCUT2D eigenvalue weighted by Gasteiger charge is 2.61. The minimum Gasteiger partial charge on any atom is -0.445 e. The van der Waals surface area contributed by atoms with E-state index in [-0.39, 0.29) is 24.2 Å². The lowest BCUT2D eigenvalue weighted by molar-refractivity contribution is -0.122. The Kier molecular flexibility index (Phi) is 8.18. The summed E-state index contributed by atoms with van der Waals surface area (Å²) in [6, 6.07) is 35.2. The molecule has 1 fully saturated rings. The maximum absolute atomic E-state index is 13.6. The van der Waals surface area contributed by atoms with Crippen molar-refractivity contribution < 1.29 is 14.3 Å². The van der Waals surface area contributed by atoms with Crippen LogP contribution in [-0.4, -0.2) is 37.1 Å². The third-order valence-electron chi connectivity index (χ3n) is 7.57. The van der Waals surface area contributed by atoms with Gasteiger partial charge in [-0.3, -0.25) is 4.79 Å². The fraction of sp³-hybridized carbons (Fsp3) is 0.235. The summed E-state index contributed by atoms with van der Waals surface area (Å²) >= 11 is 0. The lowest BCUT2D eigenvalue weighted by atomic mass is 9.91. The largest absolute Gasteiger partial charge is 0.445 e. The number of rotatable bonds is 12. The van der Waals surface area contributed by atoms with Crippen LogP contribution in [0.2, 0.25) is 0 Å². The number of carbonyl (C=O) groups is 2. The average Bonchev–Trinajstić information content (AvgIpc) is 3.71. The van der Waals surface area contributed by atoms with E-state index in [1.54, 1.807) is 0 Å². The molecule has 5 heteroatoms. The number of nitrogens with one attached hydrogen (secondary N) is 2. The standard InChI is InChI=1S/C34H34N2O3/c1-2-21-39-33(38)36-34(23-31(34)29-18-17-25-11-9-10-16-28(25)22-29)32(37)19-20-35-24-30(26-12-5-3-6-13-26)27-14-7-4-8-15-27/h2-18,22,30-31,35H,1,19-21,23-24H2,(H,36,38)/t31-,34?/m0/s1. The Morgan fingerprint density at radius 3 is 2.21 bits per heavy atom. The maximum Gasteiger partial charge on any atom is 0.408 e. The molecule has 2 N–H and O–H groups in total. The molecule has 1 amide bonds. The van der Waals surface area contributed by atoms with Crippen molar-refractivity contribution in [3.05, 3.63) is 132 Å². The predicted octanol–water partition coefficient (Wildman–Crippen LogP) is 6.36. The molecular formula is C34H34N2O3. The third kappa shape index (κ3) is 6.10. The number of carbonyl (C=O) groups excluding carboxylic acids is 2. The second-order valence-corrected chi connectivity index (χ2v) is 10.1. The minimum absolute atomic E-state index is 0.0136. The summed E-state index contributed by atoms with van der Waals surface area (Å²) < 4.78 is 5.19. The summed E-state index contributed by atoms with van der Waals surface area (Å²) in [5.41, 5.74) is 2.54. The number of amides is 1. The molecule has 0 saturated heterocycles. The lowest BCUT2D eigenvalue weighted by Gasteiger charge is -2.21. The Morgan fingerprint density at radius 2 is 1.54 bits per heavy atom. The first-order valence-corrected chi connectivity index (χ1v) is 13.5. The molecular weight excluding hydrogens is 484 g/mol. The molecule has 39 heavy (non-hydrogen) atoms. The predicted molar refractivity (Wildman–Crippen MR) is 156 cm³/mol. The molecule has 4 aromatic carbocycles. The number of ketones is 1. The van der Waals surface area contributed by atoms with Crippen LogP contribution in [0.25, 0.3) is 10.8 Å². The summed E-state index contributed by atoms with van der Waals surface area (Å²) in [6.45, 7) is 4.92. The van der Waals surface area contributed by atoms with Gasteiger partial charge in [0.05, 0.1) is 0 Å². The van der Waals surface area contributed by atoms with E-state index >= 15 is 0 Å². The van der Waals surface area contributed by atoms with Crippen molar-refractivity contribution in [2.75, 3.05) is 19.7 Å². The van der Waals surface area contributed by atoms with Crippen molar-refractivity contribution in [2.45, 2.75) is 30.2 Å². The van der Waals surface area contributed by atoms with E-state index < -0.39 is 11.6 Å². The first-order valence-electron chi connectivity index (χ1n) is 13.5. The zero-order chi connectivity index (χ0) is 27.1. The Morgan fingerprint density at radius 1 is 0.897 bits per heavy atom. The molecule has 1 aliphatic rings. The minimum atomic E-state index is -0.958. The Bertz CT molecular complexity index is 1400. The van der Waals surface area contributed by atoms with Gasteiger partial charge in [-0.25, -0.2) is 4.79 Å². The highest BCUT2D eigenvalue weighted by atomic mass is 16.5. The van der Waals surface area contributed by atoms with Crippen molar-refractivity contribution in [3.8, 4) is 0 Å². The SMILES string of the molecule is C=CCOC(=O)NC1(C(=O)CCNCC(c2ccccc2)c2ccccc2)C[C@H]1c1ccc2ccccc2c1. The van der Waals surface area contributed by atoms with Gasteiger partial charge < -0.3 is 15.4 Å². The van der Waals surface area contributed by atoms with Crippen LogP contribution in [0.15, 0.2) is 116 Å². The van der Waals surface area contributed by atoms with Crippen LogP contribution >= 0.6 is 0 Å². The molecule has 5 nitrogen and oxygen atoms in total. The summed E-state index contributed by atoms with van der Waals surface area (Å²) in [5, 5.41) is 8.68. The Balaban J connectivity index is 1.27. The molecule has 2 atom stereocenters. The van der Waals surface area contributed by atoms with Gasteiger partial charge in [0.25, 0.3) is 0 Å². The molecule has 5 rings (SSSR count). The monoisotopic (exact) mass is 518 g/mol. The molecule has 4 aromatic rings. The van der Waals surface area contributed by atoms with Gasteiger partial charge >= 0.3 is 6.09 Å². The topological polar surface area (TPSA) is 67.4 Å². The molecule has 0 bridgehead atoms. The van der Waals surface area contributed by atoms with Gasteiger partial charge in [-0.05, 0) is 33.9 Å². The van der Waals surface area contributed by atoms with Crippen molar-refractivity contribution in [1.82, 2.24) is 10.6 Å². The first-order chi connectivity index (χ1) is 19.1. The highest BCUT2D eigenvalue weighted by molar-refractivity contribution is 5.97. The van der Waals surface area contributed by atoms with Crippen molar-refractivity contribution >= 4 is 22.6 Å². The number of hydrogen-bond donors (Lipinski definition) is 2. The van der Waals surface area contributed by atoms with E-state index in [1.165, 1.54) is 17.2 Å². The molecule has 0 aliphatic heterocycles. The fourth-order valence-electron chi connectivity index (χ4n) is 5.43. The van der Waals surface area contributed by atoms with Crippen LogP contribution in [0.5, 0.6) is 0 Å². The summed E-state index contributed by atoms with van der Waals surface area (Å²) in [4.78, 5) is 26.2. The molecule has 1 saturated carbocycles. The highest BCUT2D eigenvalue weighted by Crippen LogP contribution is 2.53. The molecule has 1 aliphatic carbocycles. The molecule has 0 spiro atoms. The van der Waals surface area contributed by atoms with Crippen LogP contribution in [0.1, 0.15) is 41.4 Å². The smallest absolute Gasteiger partial charge is 0.408 e. The van der Waals surface area contributed by atoms with Crippen LogP contribution in [0.4, 0.5) is 4.79 Å². The van der Waals surface area contributed by atoms with Crippen molar-refractivity contribution in [3.63, 3.8) is 0 Å². The third-order valence-corrected chi connectivity index (χ3v) is 7.57. The molecule has 0 heterocycles. The number of alkyl carbamates (subject to hydrolysis) is 1. The zero-order valence-electron chi connectivity index (χ0n) is 22.0. The van der Waals surface area contributed by atoms with Gasteiger partial charge in [-0.1, -0.05) is 116 Å². The van der Waals surface area contributed by atoms with Gasteiger partial charge in [-0.15, -0.1) is 0 Å². The number of Topliss-reactive ketones (excluding diaryl/α,β-unsaturated/α-hetero) is 1. The lowest BCUT2D eigenvalue weighted by Crippen LogP contribution is -2.45. The van der Waals surface area contributed by atoms with Gasteiger partial charge in [0.1, 0.15) is 12.1 Å². The summed E-state index contributed by atoms with van der Waals surface area (Å²) in [5.74, 6) is 0.0988. The fourth-order valence-corrected chi connectivity index (χ4v) is 5.43. The van der Waals surface area contributed by atoms with Crippen LogP contribution in [0.3, 0.4) is 0 Å². The van der Waals surface area contributed by atoms with Crippen LogP contribution < -0.4 is 10.6 Å². The van der Waals surface area contributed by atoms with Gasteiger partial charge in [-0.2, -0.15) is 0 Å². The number of benzene rings is 4. The van der Waals surface area contributed by atoms with Gasteiger partial charge in [0.15, 0.2) is 5.78 Å². The Hall–Kier alpha value is -4.22. The number of ether oxygens (including phenoxy) is 1. The number of fused-ring (bicyclic) bond motifs is 1. The van der Waals surface area contributed by atoms with E-state index in [1.807, 2.05) is 24.3 Å². The molecule has 1 unspecified atom stereocenters. The van der Waals surface area contributed by atoms with E-state index in [9.17, 15) is 9.59 Å². The van der Waals surface area contributed by atoms with Gasteiger partial charge in [0.2, 0.25) is 0 Å². The van der Waals surface area contributed by atoms with E-state index in [0.717, 1.165) is 16.3 Å². The second kappa shape index (κ2) is 12.1. The number of hydrogen-bond acceptors (Lipinski definition) is 4. The zero-order valence-corrected chi connectivity index (χ0v) is 22.0. The van der Waals surface area contributed by atoms with Crippen molar-refractivity contribution in [2.24, 2.45) is 0 Å². The van der Waals surface area contributed by atoms with Gasteiger partial charge in [0, 0.05) is 31.3 Å². The normalized spacial score (nSPS) is 18.0. The first kappa shape index (κ1) is 26.4. The molecule has 0 aromatic heterocycles. The summed E-state index contributed by atoms with van der Waals surface area (Å²) in [6.07, 6.45) is 1.79. The Labute approximate surface area is 229 Å². The average molecular weight is 519 g/mol. The summed E-state index contributed by atoms with van der Waals surface area (Å²) in [7, 11) is 0. The quantitative estimate of drug-likeness (QED) is 0.169. The van der Waals surface area contributed by atoms with Crippen LogP contribution in [0, 0.1) is 0 Å². The van der Waals surface area contributed by atoms with Crippen LogP contribution in [-0.2, 0) is 9.53 Å². The van der Waals surface area contributed by atoms with E-state index in [0.29, 0.717) is 25.9 Å². The van der Waals surface area contributed by atoms with E-state index in [2.05, 4.69) is 96.1 Å². The molecule has 198 valence electrons. The second-order valence-electron chi connectivity index (χ2n) is 10.1. The van der Waals surface area contributed by atoms with E-state index in [4.69, 9.17) is 4.74 Å². The maximum atomic E-state index is 13.6. The van der Waals surface area contributed by atoms with Crippen molar-refractivity contribution in [1.29, 1.82) is 0 Å². The molecule has 0 radical (unpaired) electrons.